The largest absolute Gasteiger partial charge is 0.293 e. The third-order valence-electron chi connectivity index (χ3n) is 3.88. The number of aromatic nitrogens is 3. The zero-order valence-corrected chi connectivity index (χ0v) is 15.6. The number of nitrogens with zero attached hydrogens (tertiary/aromatic N) is 2. The number of H-pyrrole nitrogens is 1. The van der Waals surface area contributed by atoms with Crippen molar-refractivity contribution in [1.82, 2.24) is 15.2 Å². The second-order valence-corrected chi connectivity index (χ2v) is 7.39. The molecule has 2 aromatic carbocycles. The Labute approximate surface area is 156 Å². The molecule has 0 saturated carbocycles. The molecule has 128 valence electrons. The van der Waals surface area contributed by atoms with E-state index in [-0.39, 0.29) is 11.0 Å². The van der Waals surface area contributed by atoms with Crippen molar-refractivity contribution in [2.24, 2.45) is 0 Å². The van der Waals surface area contributed by atoms with Crippen LogP contribution in [0.25, 0.3) is 11.4 Å². The van der Waals surface area contributed by atoms with Crippen LogP contribution in [0.3, 0.4) is 0 Å². The van der Waals surface area contributed by atoms with E-state index in [1.807, 2.05) is 19.1 Å². The maximum absolute atomic E-state index is 12.5. The number of aromatic amines is 1. The summed E-state index contributed by atoms with van der Waals surface area (Å²) in [5.74, 6) is 0.733. The number of halogens is 1. The van der Waals surface area contributed by atoms with Crippen LogP contribution >= 0.6 is 23.4 Å². The van der Waals surface area contributed by atoms with Gasteiger partial charge in [-0.25, -0.2) is 4.98 Å². The number of carbonyl (C=O) groups excluding carboxylic acids is 1. The third-order valence-corrected chi connectivity index (χ3v) is 5.09. The Bertz CT molecular complexity index is 859. The normalized spacial score (nSPS) is 12.1. The fourth-order valence-corrected chi connectivity index (χ4v) is 3.31. The number of benzene rings is 2. The third kappa shape index (κ3) is 4.30. The van der Waals surface area contributed by atoms with Gasteiger partial charge in [-0.1, -0.05) is 54.6 Å². The molecule has 0 aliphatic rings. The highest BCUT2D eigenvalue weighted by molar-refractivity contribution is 8.00. The van der Waals surface area contributed by atoms with E-state index in [4.69, 9.17) is 11.6 Å². The first kappa shape index (κ1) is 17.7. The highest BCUT2D eigenvalue weighted by Gasteiger charge is 2.19. The first-order valence-electron chi connectivity index (χ1n) is 8.05. The zero-order valence-electron chi connectivity index (χ0n) is 14.0. The highest BCUT2D eigenvalue weighted by Crippen LogP contribution is 2.25. The lowest BCUT2D eigenvalue weighted by atomic mass is 10.1. The van der Waals surface area contributed by atoms with Gasteiger partial charge in [-0.05, 0) is 43.2 Å². The molecule has 3 rings (SSSR count). The molecule has 0 radical (unpaired) electrons. The van der Waals surface area contributed by atoms with Gasteiger partial charge in [0, 0.05) is 16.1 Å². The summed E-state index contributed by atoms with van der Waals surface area (Å²) in [5.41, 5.74) is 2.89. The summed E-state index contributed by atoms with van der Waals surface area (Å²) in [6.07, 6.45) is 1.00. The topological polar surface area (TPSA) is 58.6 Å². The maximum atomic E-state index is 12.5. The Morgan fingerprint density at radius 1 is 1.16 bits per heavy atom. The van der Waals surface area contributed by atoms with Gasteiger partial charge in [0.2, 0.25) is 5.16 Å². The summed E-state index contributed by atoms with van der Waals surface area (Å²) in [6.45, 7) is 3.98. The van der Waals surface area contributed by atoms with Crippen LogP contribution in [0.4, 0.5) is 0 Å². The van der Waals surface area contributed by atoms with E-state index >= 15 is 0 Å². The van der Waals surface area contributed by atoms with E-state index < -0.39 is 0 Å². The van der Waals surface area contributed by atoms with Crippen molar-refractivity contribution in [1.29, 1.82) is 0 Å². The lowest BCUT2D eigenvalue weighted by Crippen LogP contribution is -2.13. The van der Waals surface area contributed by atoms with Crippen LogP contribution in [0.5, 0.6) is 0 Å². The second kappa shape index (κ2) is 7.85. The van der Waals surface area contributed by atoms with E-state index in [2.05, 4.69) is 34.2 Å². The molecule has 0 spiro atoms. The van der Waals surface area contributed by atoms with E-state index in [1.165, 1.54) is 17.3 Å². The molecule has 6 heteroatoms. The van der Waals surface area contributed by atoms with Crippen LogP contribution in [-0.2, 0) is 6.42 Å². The van der Waals surface area contributed by atoms with E-state index in [0.29, 0.717) is 21.6 Å². The Balaban J connectivity index is 1.69. The monoisotopic (exact) mass is 371 g/mol. The molecule has 1 heterocycles. The highest BCUT2D eigenvalue weighted by atomic mass is 35.5. The van der Waals surface area contributed by atoms with Crippen LogP contribution in [-0.4, -0.2) is 26.2 Å². The summed E-state index contributed by atoms with van der Waals surface area (Å²) in [7, 11) is 0. The molecule has 3 aromatic rings. The first-order valence-corrected chi connectivity index (χ1v) is 9.30. The lowest BCUT2D eigenvalue weighted by molar-refractivity contribution is 0.0994. The summed E-state index contributed by atoms with van der Waals surface area (Å²) in [5, 5.41) is 8.05. The standard InChI is InChI=1S/C19H18ClN3OS/c1-3-13-4-6-15(7-5-13)18-21-19(23-22-18)25-12(2)17(24)14-8-10-16(20)11-9-14/h4-12H,3H2,1-2H3,(H,21,22,23)/t12-/m0/s1. The molecule has 25 heavy (non-hydrogen) atoms. The van der Waals surface area contributed by atoms with Crippen molar-refractivity contribution in [2.45, 2.75) is 30.7 Å². The van der Waals surface area contributed by atoms with Gasteiger partial charge in [0.05, 0.1) is 5.25 Å². The molecule has 0 amide bonds. The SMILES string of the molecule is CCc1ccc(-c2nc(S[C@@H](C)C(=O)c3ccc(Cl)cc3)n[nH]2)cc1. The molecule has 4 nitrogen and oxygen atoms in total. The smallest absolute Gasteiger partial charge is 0.209 e. The number of thioether (sulfide) groups is 1. The van der Waals surface area contributed by atoms with Crippen molar-refractivity contribution < 1.29 is 4.79 Å². The Hall–Kier alpha value is -2.11. The van der Waals surface area contributed by atoms with Crippen molar-refractivity contribution in [3.8, 4) is 11.4 Å². The molecule has 1 aromatic heterocycles. The molecule has 0 unspecified atom stereocenters. The molecule has 1 N–H and O–H groups in total. The predicted molar refractivity (Wildman–Crippen MR) is 102 cm³/mol. The van der Waals surface area contributed by atoms with Crippen LogP contribution in [0.15, 0.2) is 53.7 Å². The van der Waals surface area contributed by atoms with Crippen molar-refractivity contribution in [3.63, 3.8) is 0 Å². The number of hydrogen-bond acceptors (Lipinski definition) is 4. The predicted octanol–water partition coefficient (Wildman–Crippen LogP) is 5.05. The molecule has 0 fully saturated rings. The summed E-state index contributed by atoms with van der Waals surface area (Å²) in [6, 6.07) is 15.1. The van der Waals surface area contributed by atoms with Crippen LogP contribution in [0.1, 0.15) is 29.8 Å². The number of ketones is 1. The quantitative estimate of drug-likeness (QED) is 0.486. The van der Waals surface area contributed by atoms with Gasteiger partial charge in [0.1, 0.15) is 0 Å². The van der Waals surface area contributed by atoms with Gasteiger partial charge >= 0.3 is 0 Å². The number of aryl methyl sites for hydroxylation is 1. The average Bonchev–Trinajstić information content (AvgIpc) is 3.10. The minimum Gasteiger partial charge on any atom is -0.293 e. The molecule has 0 bridgehead atoms. The van der Waals surface area contributed by atoms with E-state index in [0.717, 1.165) is 12.0 Å². The zero-order chi connectivity index (χ0) is 17.8. The lowest BCUT2D eigenvalue weighted by Gasteiger charge is -2.07. The Morgan fingerprint density at radius 3 is 2.48 bits per heavy atom. The van der Waals surface area contributed by atoms with Gasteiger partial charge in [-0.15, -0.1) is 5.10 Å². The average molecular weight is 372 g/mol. The Morgan fingerprint density at radius 2 is 1.84 bits per heavy atom. The first-order chi connectivity index (χ1) is 12.1. The Kier molecular flexibility index (Phi) is 5.56. The van der Waals surface area contributed by atoms with Gasteiger partial charge in [0.15, 0.2) is 11.6 Å². The van der Waals surface area contributed by atoms with Gasteiger partial charge in [-0.3, -0.25) is 9.89 Å². The molecule has 0 saturated heterocycles. The fourth-order valence-electron chi connectivity index (χ4n) is 2.39. The second-order valence-electron chi connectivity index (χ2n) is 5.65. The van der Waals surface area contributed by atoms with Crippen molar-refractivity contribution in [2.75, 3.05) is 0 Å². The van der Waals surface area contributed by atoms with Crippen LogP contribution in [0, 0.1) is 0 Å². The molecule has 0 aliphatic heterocycles. The van der Waals surface area contributed by atoms with E-state index in [9.17, 15) is 4.79 Å². The molecule has 0 aliphatic carbocycles. The number of Topliss-reactive ketones (excluding diaryl/α,β-unsaturated/α-hetero) is 1. The van der Waals surface area contributed by atoms with Gasteiger partial charge in [-0.2, -0.15) is 0 Å². The van der Waals surface area contributed by atoms with E-state index in [1.54, 1.807) is 24.3 Å². The number of carbonyl (C=O) groups is 1. The van der Waals surface area contributed by atoms with Crippen LogP contribution < -0.4 is 0 Å². The molecule has 1 atom stereocenters. The van der Waals surface area contributed by atoms with Gasteiger partial charge in [0.25, 0.3) is 0 Å². The van der Waals surface area contributed by atoms with Crippen molar-refractivity contribution >= 4 is 29.1 Å². The fraction of sp³-hybridized carbons (Fsp3) is 0.211. The van der Waals surface area contributed by atoms with Crippen molar-refractivity contribution in [3.05, 3.63) is 64.7 Å². The van der Waals surface area contributed by atoms with Gasteiger partial charge < -0.3 is 0 Å². The minimum absolute atomic E-state index is 0.0281. The minimum atomic E-state index is -0.285. The molecular formula is C19H18ClN3OS. The summed E-state index contributed by atoms with van der Waals surface area (Å²) in [4.78, 5) is 17.0. The molecular weight excluding hydrogens is 354 g/mol. The number of rotatable bonds is 6. The number of nitrogens with one attached hydrogen (secondary N) is 1. The summed E-state index contributed by atoms with van der Waals surface area (Å²) >= 11 is 7.20. The maximum Gasteiger partial charge on any atom is 0.209 e. The number of hydrogen-bond donors (Lipinski definition) is 1. The summed E-state index contributed by atoms with van der Waals surface area (Å²) < 4.78 is 0. The van der Waals surface area contributed by atoms with Crippen LogP contribution in [0.2, 0.25) is 5.02 Å².